The average molecular weight is 383 g/mol. The van der Waals surface area contributed by atoms with Crippen molar-refractivity contribution in [1.82, 2.24) is 15.1 Å². The molecule has 3 rings (SSSR count). The Labute approximate surface area is 166 Å². The lowest BCUT2D eigenvalue weighted by Crippen LogP contribution is -2.36. The van der Waals surface area contributed by atoms with Crippen LogP contribution >= 0.6 is 0 Å². The van der Waals surface area contributed by atoms with E-state index in [9.17, 15) is 9.59 Å². The van der Waals surface area contributed by atoms with E-state index in [0.29, 0.717) is 17.7 Å². The van der Waals surface area contributed by atoms with Gasteiger partial charge in [-0.25, -0.2) is 9.48 Å². The molecule has 1 aromatic heterocycles. The number of esters is 1. The zero-order chi connectivity index (χ0) is 19.9. The second kappa shape index (κ2) is 9.53. The molecular formula is C22H29N3O3. The van der Waals surface area contributed by atoms with Crippen LogP contribution in [0.3, 0.4) is 0 Å². The summed E-state index contributed by atoms with van der Waals surface area (Å²) in [7, 11) is 0. The van der Waals surface area contributed by atoms with Crippen LogP contribution in [0.5, 0.6) is 0 Å². The third kappa shape index (κ3) is 4.61. The number of rotatable bonds is 7. The number of carbonyl (C=O) groups excluding carboxylic acids is 2. The molecule has 6 heteroatoms. The summed E-state index contributed by atoms with van der Waals surface area (Å²) in [5.41, 5.74) is 2.87. The number of ether oxygens (including phenoxy) is 1. The van der Waals surface area contributed by atoms with Gasteiger partial charge in [0.15, 0.2) is 0 Å². The fourth-order valence-corrected chi connectivity index (χ4v) is 3.73. The predicted molar refractivity (Wildman–Crippen MR) is 108 cm³/mol. The molecule has 1 saturated carbocycles. The number of hydrogen-bond acceptors (Lipinski definition) is 4. The number of carbonyl (C=O) groups is 2. The number of nitrogens with one attached hydrogen (secondary N) is 1. The van der Waals surface area contributed by atoms with Gasteiger partial charge >= 0.3 is 5.97 Å². The van der Waals surface area contributed by atoms with Crippen molar-refractivity contribution < 1.29 is 14.3 Å². The van der Waals surface area contributed by atoms with E-state index in [1.165, 1.54) is 19.3 Å². The molecule has 0 atom stereocenters. The minimum absolute atomic E-state index is 0.0373. The Balaban J connectivity index is 1.81. The van der Waals surface area contributed by atoms with Gasteiger partial charge in [-0.15, -0.1) is 0 Å². The third-order valence-corrected chi connectivity index (χ3v) is 5.16. The maximum atomic E-state index is 12.8. The Hall–Kier alpha value is -2.63. The Kier molecular flexibility index (Phi) is 6.85. The Bertz CT molecular complexity index is 805. The predicted octanol–water partition coefficient (Wildman–Crippen LogP) is 4.06. The fourth-order valence-electron chi connectivity index (χ4n) is 3.73. The van der Waals surface area contributed by atoms with Crippen LogP contribution in [-0.4, -0.2) is 34.3 Å². The normalized spacial score (nSPS) is 14.6. The second-order valence-electron chi connectivity index (χ2n) is 7.24. The zero-order valence-electron chi connectivity index (χ0n) is 16.7. The van der Waals surface area contributed by atoms with Crippen LogP contribution in [0.2, 0.25) is 0 Å². The molecule has 6 nitrogen and oxygen atoms in total. The van der Waals surface area contributed by atoms with Gasteiger partial charge < -0.3 is 10.1 Å². The first-order valence-corrected chi connectivity index (χ1v) is 10.3. The topological polar surface area (TPSA) is 73.2 Å². The number of hydrogen-bond donors (Lipinski definition) is 1. The lowest BCUT2D eigenvalue weighted by Gasteiger charge is -2.22. The van der Waals surface area contributed by atoms with E-state index in [4.69, 9.17) is 4.74 Å². The van der Waals surface area contributed by atoms with Crippen molar-refractivity contribution in [2.45, 2.75) is 64.8 Å². The summed E-state index contributed by atoms with van der Waals surface area (Å²) < 4.78 is 6.83. The molecule has 2 aromatic rings. The Morgan fingerprint density at radius 3 is 2.50 bits per heavy atom. The van der Waals surface area contributed by atoms with Crippen molar-refractivity contribution in [3.63, 3.8) is 0 Å². The van der Waals surface area contributed by atoms with Crippen molar-refractivity contribution in [1.29, 1.82) is 0 Å². The summed E-state index contributed by atoms with van der Waals surface area (Å²) >= 11 is 0. The van der Waals surface area contributed by atoms with Crippen LogP contribution in [-0.2, 0) is 11.2 Å². The lowest BCUT2D eigenvalue weighted by molar-refractivity contribution is 0.0526. The standard InChI is InChI=1S/C22H29N3O3/c1-3-8-20-19(21(26)24-17-9-6-5-7-10-17)15-23-25(20)18-13-11-16(12-14-18)22(27)28-4-2/h11-15,17H,3-10H2,1-2H3,(H,24,26). The van der Waals surface area contributed by atoms with Gasteiger partial charge in [0.1, 0.15) is 0 Å². The van der Waals surface area contributed by atoms with Gasteiger partial charge in [-0.2, -0.15) is 5.10 Å². The highest BCUT2D eigenvalue weighted by Crippen LogP contribution is 2.21. The largest absolute Gasteiger partial charge is 0.462 e. The van der Waals surface area contributed by atoms with Crippen molar-refractivity contribution in [2.75, 3.05) is 6.61 Å². The van der Waals surface area contributed by atoms with Crippen molar-refractivity contribution >= 4 is 11.9 Å². The highest BCUT2D eigenvalue weighted by molar-refractivity contribution is 5.95. The maximum Gasteiger partial charge on any atom is 0.338 e. The SMILES string of the molecule is CCCc1c(C(=O)NC2CCCCC2)cnn1-c1ccc(C(=O)OCC)cc1. The quantitative estimate of drug-likeness (QED) is 0.732. The summed E-state index contributed by atoms with van der Waals surface area (Å²) in [4.78, 5) is 24.7. The maximum absolute atomic E-state index is 12.8. The molecule has 0 radical (unpaired) electrons. The van der Waals surface area contributed by atoms with E-state index in [-0.39, 0.29) is 17.9 Å². The molecule has 1 aliphatic rings. The van der Waals surface area contributed by atoms with Gasteiger partial charge in [0, 0.05) is 6.04 Å². The Morgan fingerprint density at radius 1 is 1.14 bits per heavy atom. The van der Waals surface area contributed by atoms with Crippen LogP contribution in [0.15, 0.2) is 30.5 Å². The van der Waals surface area contributed by atoms with E-state index in [0.717, 1.165) is 37.1 Å². The fraction of sp³-hybridized carbons (Fsp3) is 0.500. The average Bonchev–Trinajstić information content (AvgIpc) is 3.13. The summed E-state index contributed by atoms with van der Waals surface area (Å²) in [6.45, 7) is 4.22. The highest BCUT2D eigenvalue weighted by Gasteiger charge is 2.22. The monoisotopic (exact) mass is 383 g/mol. The summed E-state index contributed by atoms with van der Waals surface area (Å²) in [5.74, 6) is -0.374. The number of benzene rings is 1. The molecule has 150 valence electrons. The third-order valence-electron chi connectivity index (χ3n) is 5.16. The van der Waals surface area contributed by atoms with Crippen LogP contribution in [0.4, 0.5) is 0 Å². The number of nitrogens with zero attached hydrogens (tertiary/aromatic N) is 2. The van der Waals surface area contributed by atoms with Crippen molar-refractivity contribution in [3.05, 3.63) is 47.3 Å². The molecule has 1 N–H and O–H groups in total. The van der Waals surface area contributed by atoms with Gasteiger partial charge in [-0.1, -0.05) is 32.6 Å². The number of amides is 1. The zero-order valence-corrected chi connectivity index (χ0v) is 16.7. The van der Waals surface area contributed by atoms with Crippen molar-refractivity contribution in [2.24, 2.45) is 0 Å². The minimum Gasteiger partial charge on any atom is -0.462 e. The van der Waals surface area contributed by atoms with E-state index in [2.05, 4.69) is 17.3 Å². The van der Waals surface area contributed by atoms with Crippen LogP contribution in [0.25, 0.3) is 5.69 Å². The van der Waals surface area contributed by atoms with E-state index < -0.39 is 0 Å². The van der Waals surface area contributed by atoms with Crippen LogP contribution in [0, 0.1) is 0 Å². The van der Waals surface area contributed by atoms with Gasteiger partial charge in [0.25, 0.3) is 5.91 Å². The molecule has 0 spiro atoms. The molecule has 0 bridgehead atoms. The number of aromatic nitrogens is 2. The first kappa shape index (κ1) is 20.1. The molecule has 28 heavy (non-hydrogen) atoms. The van der Waals surface area contributed by atoms with Gasteiger partial charge in [0.2, 0.25) is 0 Å². The lowest BCUT2D eigenvalue weighted by atomic mass is 9.95. The minimum atomic E-state index is -0.337. The summed E-state index contributed by atoms with van der Waals surface area (Å²) in [6.07, 6.45) is 9.05. The first-order valence-electron chi connectivity index (χ1n) is 10.3. The molecule has 0 unspecified atom stereocenters. The van der Waals surface area contributed by atoms with E-state index >= 15 is 0 Å². The summed E-state index contributed by atoms with van der Waals surface area (Å²) in [6, 6.07) is 7.39. The van der Waals surface area contributed by atoms with Gasteiger partial charge in [0.05, 0.1) is 35.3 Å². The molecule has 1 heterocycles. The first-order chi connectivity index (χ1) is 13.6. The molecular weight excluding hydrogens is 354 g/mol. The van der Waals surface area contributed by atoms with Crippen molar-refractivity contribution in [3.8, 4) is 5.69 Å². The smallest absolute Gasteiger partial charge is 0.338 e. The van der Waals surface area contributed by atoms with Gasteiger partial charge in [-0.05, 0) is 50.5 Å². The van der Waals surface area contributed by atoms with E-state index in [1.807, 2.05) is 12.1 Å². The molecule has 0 aliphatic heterocycles. The molecule has 0 saturated heterocycles. The molecule has 1 amide bonds. The van der Waals surface area contributed by atoms with Crippen LogP contribution in [0.1, 0.15) is 78.8 Å². The molecule has 1 aromatic carbocycles. The highest BCUT2D eigenvalue weighted by atomic mass is 16.5. The Morgan fingerprint density at radius 2 is 1.86 bits per heavy atom. The van der Waals surface area contributed by atoms with Gasteiger partial charge in [-0.3, -0.25) is 4.79 Å². The molecule has 1 aliphatic carbocycles. The van der Waals surface area contributed by atoms with E-state index in [1.54, 1.807) is 29.9 Å². The molecule has 1 fully saturated rings. The van der Waals surface area contributed by atoms with Crippen LogP contribution < -0.4 is 5.32 Å². The summed E-state index contributed by atoms with van der Waals surface area (Å²) in [5, 5.41) is 7.65. The second-order valence-corrected chi connectivity index (χ2v) is 7.24.